The third-order valence-corrected chi connectivity index (χ3v) is 4.89. The van der Waals surface area contributed by atoms with Crippen molar-refractivity contribution in [3.63, 3.8) is 0 Å². The zero-order valence-corrected chi connectivity index (χ0v) is 10.5. The number of hydrogen-bond donors (Lipinski definition) is 0. The van der Waals surface area contributed by atoms with E-state index in [0.29, 0.717) is 11.6 Å². The second kappa shape index (κ2) is 4.46. The summed E-state index contributed by atoms with van der Waals surface area (Å²) < 4.78 is 7.92. The Kier molecular flexibility index (Phi) is 2.96. The molecule has 0 amide bonds. The number of carbonyl (C=O) groups is 1. The molecule has 2 fully saturated rings. The molecule has 17 heavy (non-hydrogen) atoms. The molecule has 0 N–H and O–H groups in total. The molecule has 3 heterocycles. The van der Waals surface area contributed by atoms with Gasteiger partial charge in [0.15, 0.2) is 6.29 Å². The van der Waals surface area contributed by atoms with Crippen molar-refractivity contribution in [1.29, 1.82) is 0 Å². The van der Waals surface area contributed by atoms with Gasteiger partial charge in [0.2, 0.25) is 0 Å². The van der Waals surface area contributed by atoms with Crippen molar-refractivity contribution in [2.24, 2.45) is 0 Å². The minimum atomic E-state index is 0.0703. The highest BCUT2D eigenvalue weighted by Gasteiger charge is 2.41. The minimum absolute atomic E-state index is 0.0703. The van der Waals surface area contributed by atoms with Crippen molar-refractivity contribution in [2.75, 3.05) is 18.1 Å². The molecule has 2 aliphatic heterocycles. The van der Waals surface area contributed by atoms with Crippen LogP contribution >= 0.6 is 11.8 Å². The highest BCUT2D eigenvalue weighted by molar-refractivity contribution is 7.99. The Morgan fingerprint density at radius 1 is 1.65 bits per heavy atom. The van der Waals surface area contributed by atoms with Gasteiger partial charge in [0, 0.05) is 18.6 Å². The van der Waals surface area contributed by atoms with E-state index in [2.05, 4.69) is 5.10 Å². The molecule has 4 nitrogen and oxygen atoms in total. The van der Waals surface area contributed by atoms with Crippen LogP contribution in [0.25, 0.3) is 0 Å². The first-order valence-corrected chi connectivity index (χ1v) is 7.18. The maximum atomic E-state index is 10.7. The molecule has 1 aromatic rings. The van der Waals surface area contributed by atoms with E-state index in [1.165, 1.54) is 5.75 Å². The van der Waals surface area contributed by atoms with E-state index in [1.807, 2.05) is 22.6 Å². The van der Waals surface area contributed by atoms with Crippen molar-refractivity contribution < 1.29 is 9.53 Å². The summed E-state index contributed by atoms with van der Waals surface area (Å²) in [6, 6.07) is 0.385. The highest BCUT2D eigenvalue weighted by atomic mass is 32.2. The van der Waals surface area contributed by atoms with Crippen LogP contribution in [0, 0.1) is 0 Å². The van der Waals surface area contributed by atoms with Crippen molar-refractivity contribution in [2.45, 2.75) is 30.9 Å². The predicted molar refractivity (Wildman–Crippen MR) is 66.5 cm³/mol. The van der Waals surface area contributed by atoms with Crippen molar-refractivity contribution in [1.82, 2.24) is 9.78 Å². The number of aromatic nitrogens is 2. The maximum absolute atomic E-state index is 10.7. The van der Waals surface area contributed by atoms with Gasteiger partial charge in [0.1, 0.15) is 0 Å². The van der Waals surface area contributed by atoms with Gasteiger partial charge in [-0.2, -0.15) is 16.9 Å². The average Bonchev–Trinajstić information content (AvgIpc) is 2.99. The van der Waals surface area contributed by atoms with Gasteiger partial charge in [0.05, 0.1) is 23.4 Å². The number of aldehydes is 1. The molecule has 0 bridgehead atoms. The van der Waals surface area contributed by atoms with Crippen LogP contribution in [0.4, 0.5) is 0 Å². The molecule has 1 aromatic heterocycles. The van der Waals surface area contributed by atoms with E-state index in [4.69, 9.17) is 4.74 Å². The van der Waals surface area contributed by atoms with Crippen molar-refractivity contribution >= 4 is 18.0 Å². The summed E-state index contributed by atoms with van der Waals surface area (Å²) in [5.74, 6) is 2.30. The molecule has 1 spiro atoms. The lowest BCUT2D eigenvalue weighted by atomic mass is 9.90. The Hall–Kier alpha value is -0.810. The largest absolute Gasteiger partial charge is 0.374 e. The monoisotopic (exact) mass is 252 g/mol. The topological polar surface area (TPSA) is 44.1 Å². The zero-order chi connectivity index (χ0) is 11.7. The summed E-state index contributed by atoms with van der Waals surface area (Å²) in [7, 11) is 0. The van der Waals surface area contributed by atoms with E-state index in [-0.39, 0.29) is 5.60 Å². The summed E-state index contributed by atoms with van der Waals surface area (Å²) in [6.07, 6.45) is 7.50. The van der Waals surface area contributed by atoms with E-state index >= 15 is 0 Å². The molecule has 92 valence electrons. The van der Waals surface area contributed by atoms with E-state index in [1.54, 1.807) is 6.20 Å². The van der Waals surface area contributed by atoms with E-state index in [9.17, 15) is 4.79 Å². The predicted octanol–water partition coefficient (Wildman–Crippen LogP) is 1.92. The molecule has 3 rings (SSSR count). The number of ether oxygens (including phenoxy) is 1. The molecule has 0 saturated carbocycles. The standard InChI is InChI=1S/C12H16N2O2S/c15-8-10-6-13-14(7-10)11-1-3-16-12(5-11)2-4-17-9-12/h6-8,11H,1-5,9H2. The summed E-state index contributed by atoms with van der Waals surface area (Å²) >= 11 is 1.98. The van der Waals surface area contributed by atoms with Crippen LogP contribution in [0.2, 0.25) is 0 Å². The summed E-state index contributed by atoms with van der Waals surface area (Å²) in [4.78, 5) is 10.7. The molecule has 2 atom stereocenters. The normalized spacial score (nSPS) is 33.1. The number of rotatable bonds is 2. The Morgan fingerprint density at radius 3 is 3.29 bits per heavy atom. The average molecular weight is 252 g/mol. The lowest BCUT2D eigenvalue weighted by Gasteiger charge is -2.37. The SMILES string of the molecule is O=Cc1cnn(C2CCOC3(CCSC3)C2)c1. The quantitative estimate of drug-likeness (QED) is 0.754. The first-order valence-electron chi connectivity index (χ1n) is 6.02. The van der Waals surface area contributed by atoms with Crippen molar-refractivity contribution in [3.05, 3.63) is 18.0 Å². The Labute approximate surface area is 105 Å². The fraction of sp³-hybridized carbons (Fsp3) is 0.667. The van der Waals surface area contributed by atoms with Crippen LogP contribution in [0.5, 0.6) is 0 Å². The van der Waals surface area contributed by atoms with Crippen LogP contribution in [-0.2, 0) is 4.74 Å². The molecule has 2 aliphatic rings. The zero-order valence-electron chi connectivity index (χ0n) is 9.67. The molecule has 0 radical (unpaired) electrons. The van der Waals surface area contributed by atoms with Gasteiger partial charge in [-0.3, -0.25) is 9.48 Å². The van der Waals surface area contributed by atoms with Gasteiger partial charge in [-0.1, -0.05) is 0 Å². The molecule has 0 aliphatic carbocycles. The third-order valence-electron chi connectivity index (χ3n) is 3.67. The lowest BCUT2D eigenvalue weighted by Crippen LogP contribution is -2.40. The second-order valence-corrected chi connectivity index (χ2v) is 5.96. The van der Waals surface area contributed by atoms with Gasteiger partial charge in [-0.15, -0.1) is 0 Å². The molecule has 0 aromatic carbocycles. The molecule has 2 saturated heterocycles. The lowest BCUT2D eigenvalue weighted by molar-refractivity contribution is -0.0778. The van der Waals surface area contributed by atoms with Gasteiger partial charge < -0.3 is 4.74 Å². The molecule has 2 unspecified atom stereocenters. The smallest absolute Gasteiger partial charge is 0.153 e. The number of carbonyl (C=O) groups excluding carboxylic acids is 1. The van der Waals surface area contributed by atoms with Crippen LogP contribution in [0.15, 0.2) is 12.4 Å². The fourth-order valence-corrected chi connectivity index (χ4v) is 4.08. The Bertz CT molecular complexity index is 412. The Morgan fingerprint density at radius 2 is 2.59 bits per heavy atom. The number of thioether (sulfide) groups is 1. The number of hydrogen-bond acceptors (Lipinski definition) is 4. The van der Waals surface area contributed by atoms with Crippen LogP contribution in [0.1, 0.15) is 35.7 Å². The first-order chi connectivity index (χ1) is 8.31. The fourth-order valence-electron chi connectivity index (χ4n) is 2.70. The Balaban J connectivity index is 1.77. The van der Waals surface area contributed by atoms with Gasteiger partial charge in [-0.25, -0.2) is 0 Å². The summed E-state index contributed by atoms with van der Waals surface area (Å²) in [5, 5.41) is 4.29. The van der Waals surface area contributed by atoms with Gasteiger partial charge in [-0.05, 0) is 25.0 Å². The first kappa shape index (κ1) is 11.3. The highest BCUT2D eigenvalue weighted by Crippen LogP contribution is 2.41. The molecule has 5 heteroatoms. The molecular weight excluding hydrogens is 236 g/mol. The van der Waals surface area contributed by atoms with E-state index in [0.717, 1.165) is 37.9 Å². The van der Waals surface area contributed by atoms with Gasteiger partial charge in [0.25, 0.3) is 0 Å². The van der Waals surface area contributed by atoms with Gasteiger partial charge >= 0.3 is 0 Å². The minimum Gasteiger partial charge on any atom is -0.374 e. The van der Waals surface area contributed by atoms with E-state index < -0.39 is 0 Å². The molecular formula is C12H16N2O2S. The van der Waals surface area contributed by atoms with Crippen LogP contribution in [-0.4, -0.2) is 39.8 Å². The maximum Gasteiger partial charge on any atom is 0.153 e. The number of nitrogens with zero attached hydrogens (tertiary/aromatic N) is 2. The third kappa shape index (κ3) is 2.13. The summed E-state index contributed by atoms with van der Waals surface area (Å²) in [5.41, 5.74) is 0.729. The summed E-state index contributed by atoms with van der Waals surface area (Å²) in [6.45, 7) is 0.807. The van der Waals surface area contributed by atoms with Crippen LogP contribution < -0.4 is 0 Å². The van der Waals surface area contributed by atoms with Crippen molar-refractivity contribution in [3.8, 4) is 0 Å². The second-order valence-electron chi connectivity index (χ2n) is 4.85. The van der Waals surface area contributed by atoms with Crippen LogP contribution in [0.3, 0.4) is 0 Å².